The van der Waals surface area contributed by atoms with Crippen LogP contribution in [0.3, 0.4) is 0 Å². The van der Waals surface area contributed by atoms with Crippen molar-refractivity contribution in [2.45, 2.75) is 19.1 Å². The van der Waals surface area contributed by atoms with Gasteiger partial charge < -0.3 is 15.4 Å². The minimum atomic E-state index is -0.586. The molecule has 1 saturated heterocycles. The zero-order valence-corrected chi connectivity index (χ0v) is 10.1. The van der Waals surface area contributed by atoms with Crippen LogP contribution in [0.2, 0.25) is 0 Å². The molecule has 6 nitrogen and oxygen atoms in total. The second-order valence-corrected chi connectivity index (χ2v) is 4.10. The van der Waals surface area contributed by atoms with Gasteiger partial charge >= 0.3 is 6.03 Å². The van der Waals surface area contributed by atoms with Crippen molar-refractivity contribution in [3.63, 3.8) is 0 Å². The van der Waals surface area contributed by atoms with Gasteiger partial charge in [-0.25, -0.2) is 4.79 Å². The average Bonchev–Trinajstić information content (AvgIpc) is 2.34. The summed E-state index contributed by atoms with van der Waals surface area (Å²) in [6, 6.07) is 6.91. The van der Waals surface area contributed by atoms with Gasteiger partial charge in [-0.05, 0) is 17.7 Å². The molecule has 1 aliphatic rings. The molecular weight excluding hydrogens is 234 g/mol. The predicted molar refractivity (Wildman–Crippen MR) is 64.7 cm³/mol. The minimum Gasteiger partial charge on any atom is -0.497 e. The minimum absolute atomic E-state index is 0.121. The monoisotopic (exact) mass is 249 g/mol. The van der Waals surface area contributed by atoms with Gasteiger partial charge in [0, 0.05) is 6.54 Å². The fourth-order valence-electron chi connectivity index (χ4n) is 1.85. The van der Waals surface area contributed by atoms with Crippen molar-refractivity contribution in [2.75, 3.05) is 7.11 Å². The SMILES string of the molecule is COc1cccc(CN2C(=O)NC(=O)CC2N)c1. The normalized spacial score (nSPS) is 19.7. The highest BCUT2D eigenvalue weighted by Gasteiger charge is 2.29. The number of nitrogens with one attached hydrogen (secondary N) is 1. The predicted octanol–water partition coefficient (Wildman–Crippen LogP) is 0.422. The molecule has 1 aliphatic heterocycles. The van der Waals surface area contributed by atoms with Crippen molar-refractivity contribution in [2.24, 2.45) is 5.73 Å². The zero-order valence-electron chi connectivity index (χ0n) is 10.1. The lowest BCUT2D eigenvalue weighted by Gasteiger charge is -2.32. The van der Waals surface area contributed by atoms with E-state index in [0.29, 0.717) is 6.54 Å². The highest BCUT2D eigenvalue weighted by molar-refractivity contribution is 5.97. The van der Waals surface area contributed by atoms with Crippen LogP contribution in [0, 0.1) is 0 Å². The Labute approximate surface area is 105 Å². The molecule has 3 amide bonds. The molecule has 0 radical (unpaired) electrons. The van der Waals surface area contributed by atoms with E-state index in [9.17, 15) is 9.59 Å². The third kappa shape index (κ3) is 2.60. The van der Waals surface area contributed by atoms with E-state index in [1.165, 1.54) is 4.90 Å². The number of benzene rings is 1. The summed E-state index contributed by atoms with van der Waals surface area (Å²) >= 11 is 0. The smallest absolute Gasteiger partial charge is 0.325 e. The van der Waals surface area contributed by atoms with Crippen LogP contribution >= 0.6 is 0 Å². The number of imide groups is 1. The van der Waals surface area contributed by atoms with Crippen molar-refractivity contribution in [1.82, 2.24) is 10.2 Å². The first-order valence-corrected chi connectivity index (χ1v) is 5.59. The molecule has 0 aromatic heterocycles. The molecule has 18 heavy (non-hydrogen) atoms. The quantitative estimate of drug-likeness (QED) is 0.813. The summed E-state index contributed by atoms with van der Waals surface area (Å²) < 4.78 is 5.11. The third-order valence-electron chi connectivity index (χ3n) is 2.79. The molecule has 96 valence electrons. The molecule has 1 aromatic rings. The van der Waals surface area contributed by atoms with Crippen LogP contribution in [0.15, 0.2) is 24.3 Å². The van der Waals surface area contributed by atoms with Crippen LogP contribution in [-0.2, 0) is 11.3 Å². The van der Waals surface area contributed by atoms with E-state index in [-0.39, 0.29) is 12.3 Å². The Morgan fingerprint density at radius 3 is 2.94 bits per heavy atom. The zero-order chi connectivity index (χ0) is 13.1. The Bertz CT molecular complexity index is 475. The van der Waals surface area contributed by atoms with E-state index >= 15 is 0 Å². The van der Waals surface area contributed by atoms with Crippen molar-refractivity contribution in [3.8, 4) is 5.75 Å². The lowest BCUT2D eigenvalue weighted by molar-refractivity contribution is -0.122. The number of carbonyl (C=O) groups excluding carboxylic acids is 2. The maximum absolute atomic E-state index is 11.7. The van der Waals surface area contributed by atoms with Crippen LogP contribution in [0.25, 0.3) is 0 Å². The van der Waals surface area contributed by atoms with E-state index in [2.05, 4.69) is 5.32 Å². The van der Waals surface area contributed by atoms with Crippen LogP contribution < -0.4 is 15.8 Å². The first-order valence-electron chi connectivity index (χ1n) is 5.59. The molecule has 0 aliphatic carbocycles. The largest absolute Gasteiger partial charge is 0.497 e. The number of amides is 3. The number of hydrogen-bond acceptors (Lipinski definition) is 4. The van der Waals surface area contributed by atoms with Gasteiger partial charge in [0.05, 0.1) is 19.7 Å². The summed E-state index contributed by atoms with van der Waals surface area (Å²) in [6.07, 6.45) is -0.465. The Morgan fingerprint density at radius 2 is 2.28 bits per heavy atom. The van der Waals surface area contributed by atoms with Crippen LogP contribution in [-0.4, -0.2) is 30.1 Å². The van der Waals surface area contributed by atoms with E-state index in [0.717, 1.165) is 11.3 Å². The molecular formula is C12H15N3O3. The summed E-state index contributed by atoms with van der Waals surface area (Å²) in [4.78, 5) is 24.2. The lowest BCUT2D eigenvalue weighted by atomic mass is 10.1. The Morgan fingerprint density at radius 1 is 1.50 bits per heavy atom. The molecule has 0 spiro atoms. The van der Waals surface area contributed by atoms with Crippen molar-refractivity contribution in [3.05, 3.63) is 29.8 Å². The van der Waals surface area contributed by atoms with Crippen LogP contribution in [0.4, 0.5) is 4.79 Å². The standard InChI is InChI=1S/C12H15N3O3/c1-18-9-4-2-3-8(5-9)7-15-10(13)6-11(16)14-12(15)17/h2-5,10H,6-7,13H2,1H3,(H,14,16,17). The van der Waals surface area contributed by atoms with Gasteiger partial charge in [0.15, 0.2) is 0 Å². The van der Waals surface area contributed by atoms with Gasteiger partial charge in [-0.2, -0.15) is 0 Å². The first-order chi connectivity index (χ1) is 8.60. The average molecular weight is 249 g/mol. The summed E-state index contributed by atoms with van der Waals surface area (Å²) in [6.45, 7) is 0.345. The fraction of sp³-hybridized carbons (Fsp3) is 0.333. The molecule has 3 N–H and O–H groups in total. The Hall–Kier alpha value is -2.08. The van der Waals surface area contributed by atoms with Gasteiger partial charge in [-0.3, -0.25) is 10.1 Å². The molecule has 1 aromatic carbocycles. The molecule has 2 rings (SSSR count). The Balaban J connectivity index is 2.12. The van der Waals surface area contributed by atoms with Crippen molar-refractivity contribution in [1.29, 1.82) is 0 Å². The fourth-order valence-corrected chi connectivity index (χ4v) is 1.85. The van der Waals surface area contributed by atoms with Crippen LogP contribution in [0.1, 0.15) is 12.0 Å². The first kappa shape index (κ1) is 12.4. The highest BCUT2D eigenvalue weighted by Crippen LogP contribution is 2.16. The van der Waals surface area contributed by atoms with Gasteiger partial charge in [0.25, 0.3) is 0 Å². The number of hydrogen-bond donors (Lipinski definition) is 2. The number of nitrogens with two attached hydrogens (primary N) is 1. The maximum Gasteiger partial charge on any atom is 0.325 e. The Kier molecular flexibility index (Phi) is 3.47. The topological polar surface area (TPSA) is 84.7 Å². The van der Waals surface area contributed by atoms with Crippen molar-refractivity contribution < 1.29 is 14.3 Å². The number of rotatable bonds is 3. The van der Waals surface area contributed by atoms with Crippen LogP contribution in [0.5, 0.6) is 5.75 Å². The number of methoxy groups -OCH3 is 1. The molecule has 1 fully saturated rings. The third-order valence-corrected chi connectivity index (χ3v) is 2.79. The summed E-state index contributed by atoms with van der Waals surface area (Å²) in [7, 11) is 1.58. The van der Waals surface area contributed by atoms with E-state index < -0.39 is 12.2 Å². The lowest BCUT2D eigenvalue weighted by Crippen LogP contribution is -2.57. The summed E-state index contributed by atoms with van der Waals surface area (Å²) in [5.74, 6) is 0.379. The molecule has 0 bridgehead atoms. The molecule has 1 unspecified atom stereocenters. The van der Waals surface area contributed by atoms with Gasteiger partial charge in [-0.15, -0.1) is 0 Å². The second-order valence-electron chi connectivity index (χ2n) is 4.10. The number of ether oxygens (including phenoxy) is 1. The van der Waals surface area contributed by atoms with E-state index in [4.69, 9.17) is 10.5 Å². The molecule has 0 saturated carbocycles. The highest BCUT2D eigenvalue weighted by atomic mass is 16.5. The maximum atomic E-state index is 11.7. The van der Waals surface area contributed by atoms with Gasteiger partial charge in [0.1, 0.15) is 5.75 Å². The number of urea groups is 1. The van der Waals surface area contributed by atoms with Gasteiger partial charge in [-0.1, -0.05) is 12.1 Å². The molecule has 1 heterocycles. The summed E-state index contributed by atoms with van der Waals surface area (Å²) in [5, 5.41) is 2.25. The van der Waals surface area contributed by atoms with E-state index in [1.54, 1.807) is 7.11 Å². The number of carbonyl (C=O) groups is 2. The van der Waals surface area contributed by atoms with Crippen molar-refractivity contribution >= 4 is 11.9 Å². The molecule has 6 heteroatoms. The summed E-state index contributed by atoms with van der Waals surface area (Å²) in [5.41, 5.74) is 6.69. The van der Waals surface area contributed by atoms with Gasteiger partial charge in [0.2, 0.25) is 5.91 Å². The molecule has 1 atom stereocenters. The second kappa shape index (κ2) is 5.05. The number of nitrogens with zero attached hydrogens (tertiary/aromatic N) is 1. The van der Waals surface area contributed by atoms with E-state index in [1.807, 2.05) is 24.3 Å².